The summed E-state index contributed by atoms with van der Waals surface area (Å²) in [6.07, 6.45) is -3.90. The summed E-state index contributed by atoms with van der Waals surface area (Å²) in [6.45, 7) is 1.62. The first-order valence-electron chi connectivity index (χ1n) is 8.29. The van der Waals surface area contributed by atoms with Gasteiger partial charge in [-0.3, -0.25) is 9.59 Å². The Balaban J connectivity index is 1.57. The third-order valence-electron chi connectivity index (χ3n) is 5.41. The summed E-state index contributed by atoms with van der Waals surface area (Å²) in [5, 5.41) is 21.3. The Kier molecular flexibility index (Phi) is 3.07. The fourth-order valence-corrected chi connectivity index (χ4v) is 4.18. The maximum Gasteiger partial charge on any atom is 0.308 e. The van der Waals surface area contributed by atoms with Gasteiger partial charge in [-0.05, 0) is 0 Å². The van der Waals surface area contributed by atoms with Crippen LogP contribution >= 0.6 is 0 Å². The first-order chi connectivity index (χ1) is 12.3. The second-order valence-electron chi connectivity index (χ2n) is 6.86. The molecule has 1 unspecified atom stereocenters. The van der Waals surface area contributed by atoms with Crippen LogP contribution in [0.3, 0.4) is 0 Å². The number of aromatic hydroxyl groups is 2. The highest BCUT2D eigenvalue weighted by Crippen LogP contribution is 2.63. The summed E-state index contributed by atoms with van der Waals surface area (Å²) in [5.74, 6) is -2.98. The predicted molar refractivity (Wildman–Crippen MR) is 78.9 cm³/mol. The van der Waals surface area contributed by atoms with Crippen LogP contribution in [0.5, 0.6) is 11.8 Å². The third kappa shape index (κ3) is 1.84. The molecule has 2 N–H and O–H groups in total. The van der Waals surface area contributed by atoms with E-state index in [9.17, 15) is 19.8 Å². The minimum atomic E-state index is -1.40. The van der Waals surface area contributed by atoms with E-state index in [0.29, 0.717) is 11.1 Å². The molecule has 10 heteroatoms. The molecule has 0 aromatic carbocycles. The van der Waals surface area contributed by atoms with Gasteiger partial charge >= 0.3 is 5.97 Å². The maximum absolute atomic E-state index is 12.2. The van der Waals surface area contributed by atoms with E-state index in [1.54, 1.807) is 6.92 Å². The molecule has 5 heterocycles. The number of ketones is 1. The number of carbonyl (C=O) groups is 2. The third-order valence-corrected chi connectivity index (χ3v) is 5.41. The molecule has 3 saturated heterocycles. The highest BCUT2D eigenvalue weighted by atomic mass is 16.9. The van der Waals surface area contributed by atoms with Crippen LogP contribution in [0.2, 0.25) is 0 Å². The highest BCUT2D eigenvalue weighted by Gasteiger charge is 2.65. The standard InChI is InChI=1S/C16H17NO9/c1-16(22-2)25-11-9-7-8(10(24-9)12(11)26-16)14(21)17(13(7)20)15-5(18)3-4-6(19)23-15/h9-12,15,20-21H,3-4H2,1-2H3/t9-,10-,11-,12-,15?/m1/s1. The molecule has 4 aliphatic rings. The van der Waals surface area contributed by atoms with Gasteiger partial charge in [0.1, 0.15) is 24.4 Å². The van der Waals surface area contributed by atoms with Crippen LogP contribution in [0.15, 0.2) is 0 Å². The Morgan fingerprint density at radius 2 is 1.65 bits per heavy atom. The minimum Gasteiger partial charge on any atom is -0.494 e. The lowest BCUT2D eigenvalue weighted by Gasteiger charge is -2.25. The largest absolute Gasteiger partial charge is 0.494 e. The molecule has 5 atom stereocenters. The number of rotatable bonds is 2. The quantitative estimate of drug-likeness (QED) is 0.720. The molecule has 0 aliphatic carbocycles. The van der Waals surface area contributed by atoms with Gasteiger partial charge in [-0.25, -0.2) is 4.57 Å². The summed E-state index contributed by atoms with van der Waals surface area (Å²) in [5.41, 5.74) is 0.624. The number of hydrogen-bond donors (Lipinski definition) is 2. The number of esters is 1. The van der Waals surface area contributed by atoms with E-state index in [-0.39, 0.29) is 24.6 Å². The number of hydrogen-bond acceptors (Lipinski definition) is 9. The van der Waals surface area contributed by atoms with Crippen molar-refractivity contribution in [1.29, 1.82) is 0 Å². The Morgan fingerprint density at radius 1 is 1.08 bits per heavy atom. The summed E-state index contributed by atoms with van der Waals surface area (Å²) < 4.78 is 28.6. The number of nitrogens with zero attached hydrogens (tertiary/aromatic N) is 1. The number of cyclic esters (lactones) is 1. The lowest BCUT2D eigenvalue weighted by atomic mass is 9.90. The molecule has 5 rings (SSSR count). The van der Waals surface area contributed by atoms with Crippen LogP contribution in [0.4, 0.5) is 0 Å². The number of aromatic nitrogens is 1. The van der Waals surface area contributed by atoms with Crippen LogP contribution < -0.4 is 0 Å². The van der Waals surface area contributed by atoms with Crippen molar-refractivity contribution in [3.63, 3.8) is 0 Å². The first-order valence-corrected chi connectivity index (χ1v) is 8.29. The van der Waals surface area contributed by atoms with Crippen molar-refractivity contribution in [1.82, 2.24) is 4.57 Å². The van der Waals surface area contributed by atoms with Crippen molar-refractivity contribution in [3.8, 4) is 11.8 Å². The topological polar surface area (TPSA) is 126 Å². The van der Waals surface area contributed by atoms with Crippen LogP contribution in [0, 0.1) is 0 Å². The fourth-order valence-electron chi connectivity index (χ4n) is 4.18. The second kappa shape index (κ2) is 4.97. The molecule has 0 saturated carbocycles. The summed E-state index contributed by atoms with van der Waals surface area (Å²) in [6, 6.07) is 0. The molecule has 0 spiro atoms. The molecule has 2 bridgehead atoms. The van der Waals surface area contributed by atoms with E-state index in [4.69, 9.17) is 23.7 Å². The van der Waals surface area contributed by atoms with E-state index in [2.05, 4.69) is 0 Å². The molecule has 1 aromatic heterocycles. The Hall–Kier alpha value is -2.14. The second-order valence-corrected chi connectivity index (χ2v) is 6.86. The molecule has 10 nitrogen and oxygen atoms in total. The van der Waals surface area contributed by atoms with Gasteiger partial charge in [0.05, 0.1) is 17.5 Å². The van der Waals surface area contributed by atoms with Crippen LogP contribution in [-0.4, -0.2) is 51.8 Å². The van der Waals surface area contributed by atoms with Crippen molar-refractivity contribution < 1.29 is 43.5 Å². The minimum absolute atomic E-state index is 0.0156. The van der Waals surface area contributed by atoms with Crippen molar-refractivity contribution in [2.45, 2.75) is 56.4 Å². The van der Waals surface area contributed by atoms with Gasteiger partial charge in [0.25, 0.3) is 5.97 Å². The molecule has 1 aromatic rings. The fraction of sp³-hybridized carbons (Fsp3) is 0.625. The molecular weight excluding hydrogens is 350 g/mol. The number of ether oxygens (including phenoxy) is 5. The van der Waals surface area contributed by atoms with Gasteiger partial charge in [-0.1, -0.05) is 0 Å². The molecule has 0 radical (unpaired) electrons. The highest BCUT2D eigenvalue weighted by molar-refractivity contribution is 5.90. The number of carbonyl (C=O) groups excluding carboxylic acids is 2. The van der Waals surface area contributed by atoms with Gasteiger partial charge in [0, 0.05) is 20.5 Å². The first kappa shape index (κ1) is 16.1. The van der Waals surface area contributed by atoms with Crippen molar-refractivity contribution in [2.24, 2.45) is 0 Å². The Morgan fingerprint density at radius 3 is 2.19 bits per heavy atom. The van der Waals surface area contributed by atoms with Crippen LogP contribution in [0.25, 0.3) is 0 Å². The van der Waals surface area contributed by atoms with Crippen LogP contribution in [0.1, 0.15) is 49.3 Å². The monoisotopic (exact) mass is 367 g/mol. The zero-order chi connectivity index (χ0) is 18.4. The number of Topliss-reactive ketones (excluding diaryl/α,β-unsaturated/α-hetero) is 1. The number of fused-ring (bicyclic) bond motifs is 8. The summed E-state index contributed by atoms with van der Waals surface area (Å²) >= 11 is 0. The van der Waals surface area contributed by atoms with Crippen molar-refractivity contribution >= 4 is 11.8 Å². The summed E-state index contributed by atoms with van der Waals surface area (Å²) in [7, 11) is 1.45. The van der Waals surface area contributed by atoms with Crippen molar-refractivity contribution in [3.05, 3.63) is 11.1 Å². The lowest BCUT2D eigenvalue weighted by Crippen LogP contribution is -2.31. The van der Waals surface area contributed by atoms with E-state index in [1.807, 2.05) is 0 Å². The van der Waals surface area contributed by atoms with E-state index >= 15 is 0 Å². The average molecular weight is 367 g/mol. The van der Waals surface area contributed by atoms with Gasteiger partial charge < -0.3 is 33.9 Å². The molecule has 140 valence electrons. The smallest absolute Gasteiger partial charge is 0.308 e. The van der Waals surface area contributed by atoms with Gasteiger partial charge in [0.2, 0.25) is 18.0 Å². The van der Waals surface area contributed by atoms with E-state index < -0.39 is 48.4 Å². The molecule has 4 aliphatic heterocycles. The lowest BCUT2D eigenvalue weighted by molar-refractivity contribution is -0.331. The molecule has 3 fully saturated rings. The zero-order valence-electron chi connectivity index (χ0n) is 14.0. The number of methoxy groups -OCH3 is 1. The molecular formula is C16H17NO9. The van der Waals surface area contributed by atoms with Gasteiger partial charge in [-0.15, -0.1) is 0 Å². The van der Waals surface area contributed by atoms with E-state index in [1.165, 1.54) is 7.11 Å². The predicted octanol–water partition coefficient (Wildman–Crippen LogP) is 0.534. The van der Waals surface area contributed by atoms with Gasteiger partial charge in [-0.2, -0.15) is 0 Å². The van der Waals surface area contributed by atoms with Crippen molar-refractivity contribution in [2.75, 3.05) is 7.11 Å². The molecule has 26 heavy (non-hydrogen) atoms. The Bertz CT molecular complexity index is 789. The molecule has 0 amide bonds. The summed E-state index contributed by atoms with van der Waals surface area (Å²) in [4.78, 5) is 23.7. The van der Waals surface area contributed by atoms with Gasteiger partial charge in [0.15, 0.2) is 5.78 Å². The Labute approximate surface area is 147 Å². The zero-order valence-corrected chi connectivity index (χ0v) is 14.0. The normalized spacial score (nSPS) is 36.9. The maximum atomic E-state index is 12.2. The van der Waals surface area contributed by atoms with Crippen LogP contribution in [-0.2, 0) is 33.3 Å². The van der Waals surface area contributed by atoms with E-state index in [0.717, 1.165) is 4.57 Å². The SMILES string of the molecule is COC1(C)O[C@H]2[C@H](O1)[C@@H]1O[C@@H]2c2c1c(O)n(C1OC(=O)CCC1=O)c2O. The average Bonchev–Trinajstić information content (AvgIpc) is 3.30.